The molecule has 0 bridgehead atoms. The standard InChI is InChI=1S/C12H9BrN2O3/c13-9-11(16)14-10(15-12(9)17)8-5-6-3-1-2-4-7(6)18-8/h1-4,8H,5H2,(H2,14,15,16,17). The van der Waals surface area contributed by atoms with Crippen LogP contribution in [0.3, 0.4) is 0 Å². The van der Waals surface area contributed by atoms with Gasteiger partial charge in [-0.3, -0.25) is 4.79 Å². The molecule has 2 heterocycles. The van der Waals surface area contributed by atoms with Gasteiger partial charge in [-0.05, 0) is 27.6 Å². The summed E-state index contributed by atoms with van der Waals surface area (Å²) < 4.78 is 5.71. The summed E-state index contributed by atoms with van der Waals surface area (Å²) in [6, 6.07) is 7.65. The van der Waals surface area contributed by atoms with Crippen LogP contribution >= 0.6 is 15.9 Å². The first-order valence-electron chi connectivity index (χ1n) is 5.38. The van der Waals surface area contributed by atoms with Crippen LogP contribution in [0.2, 0.25) is 0 Å². The largest absolute Gasteiger partial charge is 0.492 e. The number of nitrogens with zero attached hydrogens (tertiary/aromatic N) is 1. The second-order valence-electron chi connectivity index (χ2n) is 4.01. The number of fused-ring (bicyclic) bond motifs is 1. The van der Waals surface area contributed by atoms with Crippen LogP contribution in [0.1, 0.15) is 17.5 Å². The Morgan fingerprint density at radius 2 is 2.22 bits per heavy atom. The molecule has 1 aliphatic rings. The molecule has 2 N–H and O–H groups in total. The Labute approximate surface area is 111 Å². The third kappa shape index (κ3) is 1.78. The van der Waals surface area contributed by atoms with E-state index in [4.69, 9.17) is 4.74 Å². The Kier molecular flexibility index (Phi) is 2.59. The highest BCUT2D eigenvalue weighted by Crippen LogP contribution is 2.35. The number of benzene rings is 1. The first-order chi connectivity index (χ1) is 8.65. The van der Waals surface area contributed by atoms with E-state index < -0.39 is 5.56 Å². The minimum atomic E-state index is -0.419. The predicted octanol–water partition coefficient (Wildman–Crippen LogP) is 1.91. The Morgan fingerprint density at radius 1 is 1.44 bits per heavy atom. The monoisotopic (exact) mass is 308 g/mol. The van der Waals surface area contributed by atoms with Gasteiger partial charge in [-0.15, -0.1) is 0 Å². The van der Waals surface area contributed by atoms with Crippen LogP contribution in [-0.4, -0.2) is 15.1 Å². The van der Waals surface area contributed by atoms with Crippen molar-refractivity contribution in [2.75, 3.05) is 0 Å². The topological polar surface area (TPSA) is 75.2 Å². The van der Waals surface area contributed by atoms with E-state index in [0.29, 0.717) is 12.2 Å². The van der Waals surface area contributed by atoms with E-state index in [1.165, 1.54) is 0 Å². The first-order valence-corrected chi connectivity index (χ1v) is 6.17. The van der Waals surface area contributed by atoms with Crippen molar-refractivity contribution in [3.8, 4) is 11.6 Å². The Hall–Kier alpha value is -1.82. The molecular weight excluding hydrogens is 300 g/mol. The van der Waals surface area contributed by atoms with Crippen molar-refractivity contribution in [2.24, 2.45) is 0 Å². The summed E-state index contributed by atoms with van der Waals surface area (Å²) in [7, 11) is 0. The molecule has 18 heavy (non-hydrogen) atoms. The minimum absolute atomic E-state index is 0.0294. The number of aromatic nitrogens is 2. The Bertz CT molecular complexity index is 644. The molecule has 5 nitrogen and oxygen atoms in total. The number of rotatable bonds is 1. The van der Waals surface area contributed by atoms with E-state index in [2.05, 4.69) is 25.9 Å². The molecule has 1 aromatic carbocycles. The van der Waals surface area contributed by atoms with Crippen molar-refractivity contribution < 1.29 is 9.84 Å². The number of aromatic hydroxyl groups is 1. The molecular formula is C12H9BrN2O3. The van der Waals surface area contributed by atoms with Gasteiger partial charge in [-0.1, -0.05) is 18.2 Å². The fourth-order valence-corrected chi connectivity index (χ4v) is 2.14. The smallest absolute Gasteiger partial charge is 0.269 e. The van der Waals surface area contributed by atoms with Gasteiger partial charge in [-0.25, -0.2) is 0 Å². The number of hydrogen-bond acceptors (Lipinski definition) is 4. The Morgan fingerprint density at radius 3 is 2.94 bits per heavy atom. The van der Waals surface area contributed by atoms with E-state index in [1.807, 2.05) is 24.3 Å². The quantitative estimate of drug-likeness (QED) is 0.844. The summed E-state index contributed by atoms with van der Waals surface area (Å²) >= 11 is 2.95. The minimum Gasteiger partial charge on any atom is -0.492 e. The number of hydrogen-bond donors (Lipinski definition) is 2. The molecule has 0 amide bonds. The molecule has 1 aromatic heterocycles. The van der Waals surface area contributed by atoms with Crippen molar-refractivity contribution in [1.29, 1.82) is 0 Å². The van der Waals surface area contributed by atoms with Crippen molar-refractivity contribution >= 4 is 15.9 Å². The highest BCUT2D eigenvalue weighted by Gasteiger charge is 2.26. The van der Waals surface area contributed by atoms with Crippen LogP contribution in [-0.2, 0) is 6.42 Å². The highest BCUT2D eigenvalue weighted by molar-refractivity contribution is 9.10. The second-order valence-corrected chi connectivity index (χ2v) is 4.80. The number of ether oxygens (including phenoxy) is 1. The van der Waals surface area contributed by atoms with Crippen molar-refractivity contribution in [2.45, 2.75) is 12.5 Å². The molecule has 1 aliphatic heterocycles. The van der Waals surface area contributed by atoms with E-state index >= 15 is 0 Å². The molecule has 0 aliphatic carbocycles. The second kappa shape index (κ2) is 4.13. The zero-order valence-electron chi connectivity index (χ0n) is 9.18. The number of halogens is 1. The van der Waals surface area contributed by atoms with Gasteiger partial charge < -0.3 is 14.8 Å². The molecule has 0 saturated carbocycles. The molecule has 0 saturated heterocycles. The highest BCUT2D eigenvalue weighted by atomic mass is 79.9. The number of aromatic amines is 1. The molecule has 2 aromatic rings. The fraction of sp³-hybridized carbons (Fsp3) is 0.167. The SMILES string of the molecule is O=c1[nH]c(C2Cc3ccccc3O2)nc(O)c1Br. The zero-order valence-corrected chi connectivity index (χ0v) is 10.8. The fourth-order valence-electron chi connectivity index (χ4n) is 1.95. The lowest BCUT2D eigenvalue weighted by molar-refractivity contribution is 0.225. The average molecular weight is 309 g/mol. The Balaban J connectivity index is 1.98. The maximum atomic E-state index is 11.5. The van der Waals surface area contributed by atoms with Gasteiger partial charge in [0.25, 0.3) is 5.56 Å². The molecule has 1 atom stereocenters. The van der Waals surface area contributed by atoms with Crippen molar-refractivity contribution in [3.63, 3.8) is 0 Å². The summed E-state index contributed by atoms with van der Waals surface area (Å²) in [6.07, 6.45) is 0.259. The van der Waals surface area contributed by atoms with E-state index in [9.17, 15) is 9.90 Å². The average Bonchev–Trinajstić information content (AvgIpc) is 2.79. The summed E-state index contributed by atoms with van der Waals surface area (Å²) in [5.41, 5.74) is 0.643. The first kappa shape index (κ1) is 11.3. The number of nitrogens with one attached hydrogen (secondary N) is 1. The van der Waals surface area contributed by atoms with Crippen molar-refractivity contribution in [1.82, 2.24) is 9.97 Å². The molecule has 3 rings (SSSR count). The zero-order chi connectivity index (χ0) is 12.7. The van der Waals surface area contributed by atoms with Crippen LogP contribution < -0.4 is 10.3 Å². The van der Waals surface area contributed by atoms with Gasteiger partial charge in [-0.2, -0.15) is 4.98 Å². The van der Waals surface area contributed by atoms with Gasteiger partial charge in [0.2, 0.25) is 5.88 Å². The van der Waals surface area contributed by atoms with Crippen molar-refractivity contribution in [3.05, 3.63) is 50.5 Å². The summed E-state index contributed by atoms with van der Waals surface area (Å²) in [6.45, 7) is 0. The number of H-pyrrole nitrogens is 1. The summed E-state index contributed by atoms with van der Waals surface area (Å²) in [5, 5.41) is 9.52. The van der Waals surface area contributed by atoms with Crippen LogP contribution in [0, 0.1) is 0 Å². The van der Waals surface area contributed by atoms with E-state index in [1.54, 1.807) is 0 Å². The maximum Gasteiger partial charge on any atom is 0.269 e. The summed E-state index contributed by atoms with van der Waals surface area (Å²) in [4.78, 5) is 18.1. The lowest BCUT2D eigenvalue weighted by Crippen LogP contribution is -2.17. The third-order valence-corrected chi connectivity index (χ3v) is 3.53. The maximum absolute atomic E-state index is 11.5. The van der Waals surface area contributed by atoms with E-state index in [0.717, 1.165) is 11.3 Å². The molecule has 0 spiro atoms. The van der Waals surface area contributed by atoms with E-state index in [-0.39, 0.29) is 16.5 Å². The van der Waals surface area contributed by atoms with Gasteiger partial charge >= 0.3 is 0 Å². The van der Waals surface area contributed by atoms with Gasteiger partial charge in [0.05, 0.1) is 0 Å². The third-order valence-electron chi connectivity index (χ3n) is 2.82. The molecule has 1 unspecified atom stereocenters. The van der Waals surface area contributed by atoms with Gasteiger partial charge in [0.1, 0.15) is 10.2 Å². The lowest BCUT2D eigenvalue weighted by Gasteiger charge is -2.10. The van der Waals surface area contributed by atoms with Gasteiger partial charge in [0.15, 0.2) is 11.9 Å². The lowest BCUT2D eigenvalue weighted by atomic mass is 10.1. The molecule has 92 valence electrons. The van der Waals surface area contributed by atoms with Gasteiger partial charge in [0, 0.05) is 6.42 Å². The predicted molar refractivity (Wildman–Crippen MR) is 67.7 cm³/mol. The number of para-hydroxylation sites is 1. The molecule has 0 fully saturated rings. The molecule has 6 heteroatoms. The molecule has 0 radical (unpaired) electrons. The van der Waals surface area contributed by atoms with Crippen LogP contribution in [0.25, 0.3) is 0 Å². The normalized spacial score (nSPS) is 17.3. The van der Waals surface area contributed by atoms with Crippen LogP contribution in [0.4, 0.5) is 0 Å². The van der Waals surface area contributed by atoms with Crippen LogP contribution in [0.5, 0.6) is 11.6 Å². The van der Waals surface area contributed by atoms with Crippen LogP contribution in [0.15, 0.2) is 33.5 Å². The summed E-state index contributed by atoms with van der Waals surface area (Å²) in [5.74, 6) is 0.790.